The van der Waals surface area contributed by atoms with Crippen LogP contribution in [0.3, 0.4) is 0 Å². The number of anilines is 5. The maximum atomic E-state index is 13.0. The van der Waals surface area contributed by atoms with Crippen LogP contribution in [-0.4, -0.2) is 61.4 Å². The van der Waals surface area contributed by atoms with Gasteiger partial charge in [0.25, 0.3) is 5.91 Å². The van der Waals surface area contributed by atoms with Crippen LogP contribution in [0.15, 0.2) is 36.5 Å². The summed E-state index contributed by atoms with van der Waals surface area (Å²) in [6.45, 7) is 0.661. The summed E-state index contributed by atoms with van der Waals surface area (Å²) in [5.41, 5.74) is 7.91. The fourth-order valence-electron chi connectivity index (χ4n) is 2.90. The average Bonchev–Trinajstić information content (AvgIpc) is 2.72. The number of carbonyl (C=O) groups excluding carboxylic acids is 2. The second-order valence-corrected chi connectivity index (χ2v) is 6.75. The van der Waals surface area contributed by atoms with Gasteiger partial charge in [-0.25, -0.2) is 4.98 Å². The van der Waals surface area contributed by atoms with Crippen LogP contribution < -0.4 is 20.9 Å². The summed E-state index contributed by atoms with van der Waals surface area (Å²) in [6.07, 6.45) is 4.77. The molecule has 0 saturated carbocycles. The molecular weight excluding hydrogens is 358 g/mol. The molecule has 0 atom stereocenters. The summed E-state index contributed by atoms with van der Waals surface area (Å²) in [4.78, 5) is 38.6. The van der Waals surface area contributed by atoms with Gasteiger partial charge < -0.3 is 25.8 Å². The van der Waals surface area contributed by atoms with E-state index in [0.717, 1.165) is 0 Å². The van der Waals surface area contributed by atoms with E-state index in [-0.39, 0.29) is 17.8 Å². The largest absolute Gasteiger partial charge is 0.368 e. The van der Waals surface area contributed by atoms with E-state index in [1.807, 2.05) is 19.0 Å². The Bertz CT molecular complexity index is 955. The SMILES string of the molecule is CN(C)C/C=C/C(=O)Nc1ccc2c(c1)C(=O)N(C)c1cnc(N)nc1N2C. The number of nitrogen functional groups attached to an aromatic ring is 1. The van der Waals surface area contributed by atoms with Crippen molar-refractivity contribution in [2.45, 2.75) is 0 Å². The maximum absolute atomic E-state index is 13.0. The van der Waals surface area contributed by atoms with Gasteiger partial charge in [-0.1, -0.05) is 6.08 Å². The quantitative estimate of drug-likeness (QED) is 0.772. The summed E-state index contributed by atoms with van der Waals surface area (Å²) in [6, 6.07) is 5.18. The van der Waals surface area contributed by atoms with Crippen LogP contribution in [0.5, 0.6) is 0 Å². The Morgan fingerprint density at radius 2 is 2.00 bits per heavy atom. The Balaban J connectivity index is 1.92. The number of aromatic nitrogens is 2. The van der Waals surface area contributed by atoms with Crippen LogP contribution in [-0.2, 0) is 4.79 Å². The lowest BCUT2D eigenvalue weighted by Gasteiger charge is -2.20. The lowest BCUT2D eigenvalue weighted by Crippen LogP contribution is -2.26. The molecule has 0 bridgehead atoms. The number of hydrogen-bond acceptors (Lipinski definition) is 7. The number of carbonyl (C=O) groups is 2. The normalized spacial score (nSPS) is 13.5. The van der Waals surface area contributed by atoms with Gasteiger partial charge in [-0.05, 0) is 32.3 Å². The van der Waals surface area contributed by atoms with Crippen molar-refractivity contribution in [1.29, 1.82) is 0 Å². The molecule has 0 radical (unpaired) electrons. The highest BCUT2D eigenvalue weighted by atomic mass is 16.2. The molecule has 2 aromatic rings. The van der Waals surface area contributed by atoms with Gasteiger partial charge in [-0.3, -0.25) is 9.59 Å². The molecule has 2 amide bonds. The number of hydrogen-bond donors (Lipinski definition) is 2. The molecule has 1 aromatic heterocycles. The molecule has 146 valence electrons. The second kappa shape index (κ2) is 7.65. The molecule has 3 N–H and O–H groups in total. The molecule has 0 aliphatic carbocycles. The molecular formula is C19H23N7O2. The first-order valence-electron chi connectivity index (χ1n) is 8.68. The molecule has 9 heteroatoms. The molecule has 2 heterocycles. The van der Waals surface area contributed by atoms with Gasteiger partial charge in [0.2, 0.25) is 11.9 Å². The Hall–Kier alpha value is -3.46. The lowest BCUT2D eigenvalue weighted by atomic mass is 10.1. The Morgan fingerprint density at radius 3 is 2.71 bits per heavy atom. The van der Waals surface area contributed by atoms with Gasteiger partial charge in [0, 0.05) is 32.4 Å². The van der Waals surface area contributed by atoms with Gasteiger partial charge >= 0.3 is 0 Å². The van der Waals surface area contributed by atoms with Crippen molar-refractivity contribution in [2.24, 2.45) is 0 Å². The molecule has 28 heavy (non-hydrogen) atoms. The van der Waals surface area contributed by atoms with Gasteiger partial charge in [-0.2, -0.15) is 4.98 Å². The fraction of sp³-hybridized carbons (Fsp3) is 0.263. The van der Waals surface area contributed by atoms with Crippen LogP contribution in [0.25, 0.3) is 0 Å². The first-order valence-corrected chi connectivity index (χ1v) is 8.68. The third-order valence-electron chi connectivity index (χ3n) is 4.35. The predicted octanol–water partition coefficient (Wildman–Crippen LogP) is 1.47. The standard InChI is InChI=1S/C19H23N7O2/c1-24(2)9-5-6-16(27)22-12-7-8-14-13(10-12)18(28)26(4)15-11-21-19(20)23-17(15)25(14)3/h5-8,10-11H,9H2,1-4H3,(H,22,27)(H2,20,21,23)/b6-5+. The van der Waals surface area contributed by atoms with Gasteiger partial charge in [0.05, 0.1) is 17.4 Å². The highest BCUT2D eigenvalue weighted by Gasteiger charge is 2.29. The number of nitrogens with zero attached hydrogens (tertiary/aromatic N) is 5. The topological polar surface area (TPSA) is 108 Å². The predicted molar refractivity (Wildman–Crippen MR) is 110 cm³/mol. The molecule has 0 fully saturated rings. The van der Waals surface area contributed by atoms with E-state index in [1.165, 1.54) is 17.2 Å². The van der Waals surface area contributed by atoms with Gasteiger partial charge in [0.15, 0.2) is 5.82 Å². The number of nitrogens with two attached hydrogens (primary N) is 1. The summed E-state index contributed by atoms with van der Waals surface area (Å²) >= 11 is 0. The van der Waals surface area contributed by atoms with E-state index < -0.39 is 0 Å². The smallest absolute Gasteiger partial charge is 0.260 e. The summed E-state index contributed by atoms with van der Waals surface area (Å²) in [5, 5.41) is 2.79. The van der Waals surface area contributed by atoms with Crippen LogP contribution >= 0.6 is 0 Å². The Labute approximate surface area is 163 Å². The summed E-state index contributed by atoms with van der Waals surface area (Å²) in [5.74, 6) is 0.175. The van der Waals surface area contributed by atoms with E-state index in [2.05, 4.69) is 15.3 Å². The summed E-state index contributed by atoms with van der Waals surface area (Å²) < 4.78 is 0. The molecule has 1 aromatic carbocycles. The van der Waals surface area contributed by atoms with Crippen molar-refractivity contribution < 1.29 is 9.59 Å². The fourth-order valence-corrected chi connectivity index (χ4v) is 2.90. The Kier molecular flexibility index (Phi) is 5.27. The number of likely N-dealkylation sites (N-methyl/N-ethyl adjacent to an activating group) is 1. The molecule has 0 saturated heterocycles. The van der Waals surface area contributed by atoms with Gasteiger partial charge in [-0.15, -0.1) is 0 Å². The van der Waals surface area contributed by atoms with E-state index >= 15 is 0 Å². The highest BCUT2D eigenvalue weighted by Crippen LogP contribution is 2.38. The van der Waals surface area contributed by atoms with Crippen molar-refractivity contribution in [3.63, 3.8) is 0 Å². The first-order chi connectivity index (χ1) is 13.3. The van der Waals surface area contributed by atoms with E-state index in [0.29, 0.717) is 35.0 Å². The number of amides is 2. The van der Waals surface area contributed by atoms with Crippen LogP contribution in [0.1, 0.15) is 10.4 Å². The van der Waals surface area contributed by atoms with Gasteiger partial charge in [0.1, 0.15) is 5.69 Å². The Morgan fingerprint density at radius 1 is 1.25 bits per heavy atom. The van der Waals surface area contributed by atoms with Crippen molar-refractivity contribution in [3.05, 3.63) is 42.1 Å². The molecule has 1 aliphatic heterocycles. The van der Waals surface area contributed by atoms with Crippen LogP contribution in [0.4, 0.5) is 28.8 Å². The monoisotopic (exact) mass is 381 g/mol. The lowest BCUT2D eigenvalue weighted by molar-refractivity contribution is -0.111. The molecule has 9 nitrogen and oxygen atoms in total. The molecule has 3 rings (SSSR count). The first kappa shape index (κ1) is 19.3. The zero-order chi connectivity index (χ0) is 20.4. The minimum atomic E-state index is -0.258. The van der Waals surface area contributed by atoms with E-state index in [4.69, 9.17) is 5.73 Å². The minimum Gasteiger partial charge on any atom is -0.368 e. The van der Waals surface area contributed by atoms with Crippen molar-refractivity contribution in [2.75, 3.05) is 55.6 Å². The van der Waals surface area contributed by atoms with Crippen molar-refractivity contribution in [3.8, 4) is 0 Å². The third-order valence-corrected chi connectivity index (χ3v) is 4.35. The second-order valence-electron chi connectivity index (χ2n) is 6.75. The van der Waals surface area contributed by atoms with Crippen LogP contribution in [0, 0.1) is 0 Å². The maximum Gasteiger partial charge on any atom is 0.260 e. The number of benzene rings is 1. The van der Waals surface area contributed by atoms with E-state index in [9.17, 15) is 9.59 Å². The van der Waals surface area contributed by atoms with Crippen LogP contribution in [0.2, 0.25) is 0 Å². The van der Waals surface area contributed by atoms with Crippen molar-refractivity contribution in [1.82, 2.24) is 14.9 Å². The average molecular weight is 381 g/mol. The third kappa shape index (κ3) is 3.79. The number of nitrogens with one attached hydrogen (secondary N) is 1. The van der Waals surface area contributed by atoms with Crippen molar-refractivity contribution >= 4 is 40.6 Å². The molecule has 0 unspecified atom stereocenters. The zero-order valence-corrected chi connectivity index (χ0v) is 16.3. The minimum absolute atomic E-state index is 0.128. The number of fused-ring (bicyclic) bond motifs is 2. The molecule has 1 aliphatic rings. The number of rotatable bonds is 4. The zero-order valence-electron chi connectivity index (χ0n) is 16.3. The molecule has 0 spiro atoms. The highest BCUT2D eigenvalue weighted by molar-refractivity contribution is 6.14. The summed E-state index contributed by atoms with van der Waals surface area (Å²) in [7, 11) is 7.30. The van der Waals surface area contributed by atoms with E-state index in [1.54, 1.807) is 43.3 Å².